The molecule has 1 fully saturated rings. The molecule has 0 saturated carbocycles. The van der Waals surface area contributed by atoms with Crippen LogP contribution in [0.25, 0.3) is 28.3 Å². The summed E-state index contributed by atoms with van der Waals surface area (Å²) < 4.78 is 15.6. The first kappa shape index (κ1) is 18.9. The van der Waals surface area contributed by atoms with Crippen LogP contribution in [-0.2, 0) is 0 Å². The highest BCUT2D eigenvalue weighted by atomic mass is 19.1. The summed E-state index contributed by atoms with van der Waals surface area (Å²) in [5, 5.41) is 0. The number of benzene rings is 1. The second kappa shape index (κ2) is 7.61. The van der Waals surface area contributed by atoms with Crippen LogP contribution in [0.3, 0.4) is 0 Å². The fourth-order valence-corrected chi connectivity index (χ4v) is 4.30. The van der Waals surface area contributed by atoms with Gasteiger partial charge in [0.05, 0.1) is 17.1 Å². The molecule has 3 aromatic heterocycles. The summed E-state index contributed by atoms with van der Waals surface area (Å²) in [4.78, 5) is 16.2. The van der Waals surface area contributed by atoms with Gasteiger partial charge in [0.25, 0.3) is 0 Å². The quantitative estimate of drug-likeness (QED) is 0.499. The monoisotopic (exact) mass is 401 g/mol. The predicted octanol–water partition coefficient (Wildman–Crippen LogP) is 4.72. The van der Waals surface area contributed by atoms with Crippen molar-refractivity contribution in [2.24, 2.45) is 0 Å². The van der Waals surface area contributed by atoms with Gasteiger partial charge in [-0.15, -0.1) is 0 Å². The van der Waals surface area contributed by atoms with Crippen LogP contribution >= 0.6 is 0 Å². The molecule has 1 saturated heterocycles. The number of likely N-dealkylation sites (tertiary alicyclic amines) is 1. The van der Waals surface area contributed by atoms with Gasteiger partial charge in [0.15, 0.2) is 0 Å². The highest BCUT2D eigenvalue weighted by Crippen LogP contribution is 2.34. The van der Waals surface area contributed by atoms with E-state index in [1.165, 1.54) is 17.7 Å². The van der Waals surface area contributed by atoms with Crippen molar-refractivity contribution in [3.05, 3.63) is 72.1 Å². The summed E-state index contributed by atoms with van der Waals surface area (Å²) in [6.45, 7) is 4.12. The van der Waals surface area contributed by atoms with Crippen LogP contribution in [0.5, 0.6) is 0 Å². The van der Waals surface area contributed by atoms with E-state index in [2.05, 4.69) is 44.6 Å². The van der Waals surface area contributed by atoms with Gasteiger partial charge in [-0.1, -0.05) is 0 Å². The van der Waals surface area contributed by atoms with Crippen molar-refractivity contribution in [1.82, 2.24) is 24.3 Å². The predicted molar refractivity (Wildman–Crippen MR) is 116 cm³/mol. The minimum absolute atomic E-state index is 0.258. The zero-order valence-electron chi connectivity index (χ0n) is 17.2. The second-order valence-electron chi connectivity index (χ2n) is 8.07. The smallest absolute Gasteiger partial charge is 0.138 e. The summed E-state index contributed by atoms with van der Waals surface area (Å²) in [6, 6.07) is 12.8. The number of halogens is 1. The highest BCUT2D eigenvalue weighted by molar-refractivity contribution is 5.80. The Bertz CT molecular complexity index is 1190. The maximum atomic E-state index is 13.5. The SMILES string of the molecule is Cc1nccc(-c2c(-c3ccc(F)cc3)nc3cc(C4CCN(C)CC4)ccn23)n1. The van der Waals surface area contributed by atoms with Crippen LogP contribution in [-0.4, -0.2) is 44.4 Å². The molecule has 0 aliphatic carbocycles. The second-order valence-corrected chi connectivity index (χ2v) is 8.07. The minimum Gasteiger partial charge on any atom is -0.306 e. The molecule has 5 rings (SSSR count). The van der Waals surface area contributed by atoms with E-state index < -0.39 is 0 Å². The number of fused-ring (bicyclic) bond motifs is 1. The third-order valence-corrected chi connectivity index (χ3v) is 5.98. The summed E-state index contributed by atoms with van der Waals surface area (Å²) in [5.41, 5.74) is 5.59. The van der Waals surface area contributed by atoms with Gasteiger partial charge in [-0.2, -0.15) is 0 Å². The molecule has 4 aromatic rings. The number of pyridine rings is 1. The van der Waals surface area contributed by atoms with E-state index in [0.29, 0.717) is 11.7 Å². The molecular weight excluding hydrogens is 377 g/mol. The Hall–Kier alpha value is -3.12. The topological polar surface area (TPSA) is 46.3 Å². The average Bonchev–Trinajstić information content (AvgIpc) is 3.13. The van der Waals surface area contributed by atoms with Crippen molar-refractivity contribution < 1.29 is 4.39 Å². The number of nitrogens with zero attached hydrogens (tertiary/aromatic N) is 5. The number of piperidine rings is 1. The fourth-order valence-electron chi connectivity index (χ4n) is 4.30. The van der Waals surface area contributed by atoms with E-state index in [0.717, 1.165) is 54.2 Å². The van der Waals surface area contributed by atoms with Crippen LogP contribution < -0.4 is 0 Å². The van der Waals surface area contributed by atoms with Crippen LogP contribution in [0.1, 0.15) is 30.1 Å². The van der Waals surface area contributed by atoms with Crippen LogP contribution in [0.15, 0.2) is 54.9 Å². The molecule has 4 heterocycles. The first-order chi connectivity index (χ1) is 14.6. The Morgan fingerprint density at radius 3 is 2.50 bits per heavy atom. The molecule has 0 radical (unpaired) electrons. The first-order valence-electron chi connectivity index (χ1n) is 10.3. The Kier molecular flexibility index (Phi) is 4.79. The molecule has 0 spiro atoms. The van der Waals surface area contributed by atoms with E-state index >= 15 is 0 Å². The molecule has 0 amide bonds. The van der Waals surface area contributed by atoms with Gasteiger partial charge < -0.3 is 4.90 Å². The van der Waals surface area contributed by atoms with Crippen molar-refractivity contribution in [2.75, 3.05) is 20.1 Å². The summed E-state index contributed by atoms with van der Waals surface area (Å²) in [5.74, 6) is 1.00. The Labute approximate surface area is 175 Å². The summed E-state index contributed by atoms with van der Waals surface area (Å²) in [6.07, 6.45) is 6.18. The molecule has 152 valence electrons. The third-order valence-electron chi connectivity index (χ3n) is 5.98. The summed E-state index contributed by atoms with van der Waals surface area (Å²) in [7, 11) is 2.18. The first-order valence-corrected chi connectivity index (χ1v) is 10.3. The normalized spacial score (nSPS) is 15.7. The van der Waals surface area contributed by atoms with Crippen molar-refractivity contribution >= 4 is 5.65 Å². The molecule has 0 bridgehead atoms. The number of rotatable bonds is 3. The lowest BCUT2D eigenvalue weighted by atomic mass is 9.90. The lowest BCUT2D eigenvalue weighted by Gasteiger charge is -2.29. The lowest BCUT2D eigenvalue weighted by molar-refractivity contribution is 0.255. The van der Waals surface area contributed by atoms with Gasteiger partial charge in [-0.05, 0) is 93.8 Å². The van der Waals surface area contributed by atoms with E-state index in [1.54, 1.807) is 18.3 Å². The number of imidazole rings is 1. The van der Waals surface area contributed by atoms with E-state index in [-0.39, 0.29) is 5.82 Å². The number of hydrogen-bond donors (Lipinski definition) is 0. The van der Waals surface area contributed by atoms with Gasteiger partial charge in [0.2, 0.25) is 0 Å². The fraction of sp³-hybridized carbons (Fsp3) is 0.292. The van der Waals surface area contributed by atoms with E-state index in [4.69, 9.17) is 4.98 Å². The largest absolute Gasteiger partial charge is 0.306 e. The van der Waals surface area contributed by atoms with Crippen molar-refractivity contribution in [3.8, 4) is 22.6 Å². The van der Waals surface area contributed by atoms with Gasteiger partial charge in [0.1, 0.15) is 17.3 Å². The number of hydrogen-bond acceptors (Lipinski definition) is 4. The Morgan fingerprint density at radius 1 is 1.00 bits per heavy atom. The van der Waals surface area contributed by atoms with Crippen LogP contribution in [0.2, 0.25) is 0 Å². The third kappa shape index (κ3) is 3.48. The molecule has 1 aromatic carbocycles. The van der Waals surface area contributed by atoms with Gasteiger partial charge in [-0.25, -0.2) is 19.3 Å². The van der Waals surface area contributed by atoms with Crippen molar-refractivity contribution in [3.63, 3.8) is 0 Å². The van der Waals surface area contributed by atoms with Crippen LogP contribution in [0, 0.1) is 12.7 Å². The van der Waals surface area contributed by atoms with E-state index in [9.17, 15) is 4.39 Å². The molecule has 0 atom stereocenters. The highest BCUT2D eigenvalue weighted by Gasteiger charge is 2.21. The minimum atomic E-state index is -0.258. The standard InChI is InChI=1S/C24H24FN5/c1-16-26-11-7-21(27-16)24-23(18-3-5-20(25)6-4-18)28-22-15-19(10-14-30(22)24)17-8-12-29(2)13-9-17/h3-7,10-11,14-15,17H,8-9,12-13H2,1-2H3. The number of aryl methyl sites for hydroxylation is 1. The molecule has 1 aliphatic rings. The molecule has 1 aliphatic heterocycles. The molecule has 0 unspecified atom stereocenters. The molecule has 30 heavy (non-hydrogen) atoms. The zero-order chi connectivity index (χ0) is 20.7. The Morgan fingerprint density at radius 2 is 1.77 bits per heavy atom. The van der Waals surface area contributed by atoms with Gasteiger partial charge in [0, 0.05) is 18.0 Å². The van der Waals surface area contributed by atoms with Gasteiger partial charge in [-0.3, -0.25) is 4.40 Å². The Balaban J connectivity index is 1.66. The van der Waals surface area contributed by atoms with Crippen molar-refractivity contribution in [1.29, 1.82) is 0 Å². The maximum Gasteiger partial charge on any atom is 0.138 e. The zero-order valence-corrected chi connectivity index (χ0v) is 17.2. The van der Waals surface area contributed by atoms with Crippen molar-refractivity contribution in [2.45, 2.75) is 25.7 Å². The lowest BCUT2D eigenvalue weighted by Crippen LogP contribution is -2.29. The summed E-state index contributed by atoms with van der Waals surface area (Å²) >= 11 is 0. The average molecular weight is 401 g/mol. The molecule has 0 N–H and O–H groups in total. The van der Waals surface area contributed by atoms with Gasteiger partial charge >= 0.3 is 0 Å². The molecule has 5 nitrogen and oxygen atoms in total. The van der Waals surface area contributed by atoms with E-state index in [1.807, 2.05) is 13.0 Å². The number of aromatic nitrogens is 4. The molecular formula is C24H24FN5. The molecule has 6 heteroatoms. The van der Waals surface area contributed by atoms with Crippen LogP contribution in [0.4, 0.5) is 4.39 Å². The maximum absolute atomic E-state index is 13.5.